The number of H-pyrrole nitrogens is 1. The number of hydrogen-bond acceptors (Lipinski definition) is 5. The van der Waals surface area contributed by atoms with Crippen LogP contribution in [0.1, 0.15) is 11.7 Å². The first kappa shape index (κ1) is 16.8. The lowest BCUT2D eigenvalue weighted by atomic mass is 10.1. The van der Waals surface area contributed by atoms with Gasteiger partial charge in [0.2, 0.25) is 0 Å². The van der Waals surface area contributed by atoms with Crippen LogP contribution in [0.2, 0.25) is 0 Å². The number of aromatic amines is 1. The van der Waals surface area contributed by atoms with E-state index in [1.165, 1.54) is 14.2 Å². The molecule has 0 saturated heterocycles. The number of benzene rings is 2. The van der Waals surface area contributed by atoms with Crippen LogP contribution in [0.3, 0.4) is 0 Å². The largest absolute Gasteiger partial charge is 0.497 e. The van der Waals surface area contributed by atoms with Crippen LogP contribution in [0.25, 0.3) is 10.9 Å². The average molecular weight is 342 g/mol. The van der Waals surface area contributed by atoms with Crippen molar-refractivity contribution >= 4 is 10.9 Å². The van der Waals surface area contributed by atoms with Crippen molar-refractivity contribution in [3.63, 3.8) is 0 Å². The van der Waals surface area contributed by atoms with Crippen LogP contribution in [0.4, 0.5) is 0 Å². The first-order valence-corrected chi connectivity index (χ1v) is 7.67. The van der Waals surface area contributed by atoms with Crippen molar-refractivity contribution in [3.05, 3.63) is 68.9 Å². The Labute approximate surface area is 143 Å². The summed E-state index contributed by atoms with van der Waals surface area (Å²) in [7, 11) is 2.99. The summed E-state index contributed by atoms with van der Waals surface area (Å²) in [4.78, 5) is 27.5. The van der Waals surface area contributed by atoms with Gasteiger partial charge in [0.05, 0.1) is 31.7 Å². The van der Waals surface area contributed by atoms with Crippen molar-refractivity contribution in [2.45, 2.75) is 12.6 Å². The molecule has 0 saturated carbocycles. The highest BCUT2D eigenvalue weighted by Crippen LogP contribution is 2.29. The zero-order chi connectivity index (χ0) is 18.0. The quantitative estimate of drug-likeness (QED) is 0.732. The lowest BCUT2D eigenvalue weighted by Gasteiger charge is -2.17. The number of fused-ring (bicyclic) bond motifs is 1. The molecule has 1 atom stereocenters. The maximum absolute atomic E-state index is 12.6. The van der Waals surface area contributed by atoms with E-state index in [1.54, 1.807) is 42.5 Å². The summed E-state index contributed by atoms with van der Waals surface area (Å²) >= 11 is 0. The molecule has 2 aromatic carbocycles. The Kier molecular flexibility index (Phi) is 4.58. The predicted octanol–water partition coefficient (Wildman–Crippen LogP) is 1.44. The van der Waals surface area contributed by atoms with Gasteiger partial charge in [-0.2, -0.15) is 0 Å². The maximum atomic E-state index is 12.6. The smallest absolute Gasteiger partial charge is 0.328 e. The third-order valence-corrected chi connectivity index (χ3v) is 4.04. The number of ether oxygens (including phenoxy) is 2. The van der Waals surface area contributed by atoms with Gasteiger partial charge in [0.25, 0.3) is 5.56 Å². The molecule has 0 amide bonds. The molecule has 0 aliphatic carbocycles. The first-order valence-electron chi connectivity index (χ1n) is 7.67. The molecule has 25 heavy (non-hydrogen) atoms. The van der Waals surface area contributed by atoms with Crippen molar-refractivity contribution in [3.8, 4) is 11.5 Å². The zero-order valence-corrected chi connectivity index (χ0v) is 13.9. The molecule has 0 radical (unpaired) electrons. The van der Waals surface area contributed by atoms with Crippen molar-refractivity contribution in [1.29, 1.82) is 0 Å². The van der Waals surface area contributed by atoms with Gasteiger partial charge in [-0.25, -0.2) is 4.79 Å². The minimum atomic E-state index is -1.12. The van der Waals surface area contributed by atoms with Gasteiger partial charge in [-0.3, -0.25) is 9.36 Å². The van der Waals surface area contributed by atoms with Crippen molar-refractivity contribution in [1.82, 2.24) is 9.55 Å². The summed E-state index contributed by atoms with van der Waals surface area (Å²) in [5, 5.41) is 11.0. The molecule has 0 aliphatic heterocycles. The Hall–Kier alpha value is -3.06. The molecule has 0 spiro atoms. The van der Waals surface area contributed by atoms with Crippen LogP contribution in [-0.4, -0.2) is 28.9 Å². The molecular weight excluding hydrogens is 324 g/mol. The fourth-order valence-electron chi connectivity index (χ4n) is 2.74. The lowest BCUT2D eigenvalue weighted by molar-refractivity contribution is 0.149. The van der Waals surface area contributed by atoms with Crippen LogP contribution in [0.15, 0.2) is 52.1 Å². The number of nitrogens with one attached hydrogen (secondary N) is 1. The molecule has 3 rings (SSSR count). The number of methoxy groups -OCH3 is 2. The highest BCUT2D eigenvalue weighted by atomic mass is 16.5. The Morgan fingerprint density at radius 2 is 1.88 bits per heavy atom. The molecule has 3 aromatic rings. The molecule has 130 valence electrons. The summed E-state index contributed by atoms with van der Waals surface area (Å²) < 4.78 is 11.4. The number of aromatic nitrogens is 2. The van der Waals surface area contributed by atoms with Gasteiger partial charge in [-0.05, 0) is 30.3 Å². The lowest BCUT2D eigenvalue weighted by Crippen LogP contribution is -2.36. The van der Waals surface area contributed by atoms with Crippen LogP contribution < -0.4 is 20.7 Å². The van der Waals surface area contributed by atoms with Gasteiger partial charge in [0.1, 0.15) is 17.6 Å². The van der Waals surface area contributed by atoms with E-state index in [1.807, 2.05) is 0 Å². The van der Waals surface area contributed by atoms with Crippen LogP contribution in [0, 0.1) is 0 Å². The standard InChI is InChI=1S/C18H18N2O5/c1-24-11-7-8-16(25-2)13(9-11)15(21)10-20-17(22)12-5-3-4-6-14(12)19-18(20)23/h3-9,15,21H,10H2,1-2H3,(H,19,23)/t15-/m1/s1. The molecule has 1 heterocycles. The fourth-order valence-corrected chi connectivity index (χ4v) is 2.74. The first-order chi connectivity index (χ1) is 12.0. The summed E-state index contributed by atoms with van der Waals surface area (Å²) in [6.07, 6.45) is -1.12. The van der Waals surface area contributed by atoms with Crippen molar-refractivity contribution in [2.24, 2.45) is 0 Å². The van der Waals surface area contributed by atoms with E-state index in [0.717, 1.165) is 4.57 Å². The number of para-hydroxylation sites is 1. The number of hydrogen-bond donors (Lipinski definition) is 2. The van der Waals surface area contributed by atoms with Gasteiger partial charge < -0.3 is 19.6 Å². The molecule has 7 heteroatoms. The van der Waals surface area contributed by atoms with Gasteiger partial charge in [0, 0.05) is 5.56 Å². The Morgan fingerprint density at radius 3 is 2.60 bits per heavy atom. The monoisotopic (exact) mass is 342 g/mol. The molecule has 0 unspecified atom stereocenters. The molecule has 0 bridgehead atoms. The van der Waals surface area contributed by atoms with E-state index in [2.05, 4.69) is 4.98 Å². The minimum absolute atomic E-state index is 0.206. The number of aliphatic hydroxyl groups is 1. The van der Waals surface area contributed by atoms with Crippen LogP contribution >= 0.6 is 0 Å². The van der Waals surface area contributed by atoms with E-state index >= 15 is 0 Å². The average Bonchev–Trinajstić information content (AvgIpc) is 2.64. The van der Waals surface area contributed by atoms with E-state index in [-0.39, 0.29) is 6.54 Å². The van der Waals surface area contributed by atoms with E-state index in [9.17, 15) is 14.7 Å². The normalized spacial score (nSPS) is 12.1. The van der Waals surface area contributed by atoms with E-state index < -0.39 is 17.4 Å². The second-order valence-corrected chi connectivity index (χ2v) is 5.52. The number of nitrogens with zero attached hydrogens (tertiary/aromatic N) is 1. The topological polar surface area (TPSA) is 93.5 Å². The van der Waals surface area contributed by atoms with Gasteiger partial charge in [-0.1, -0.05) is 12.1 Å². The van der Waals surface area contributed by atoms with Gasteiger partial charge in [-0.15, -0.1) is 0 Å². The minimum Gasteiger partial charge on any atom is -0.497 e. The Balaban J connectivity index is 2.05. The fraction of sp³-hybridized carbons (Fsp3) is 0.222. The van der Waals surface area contributed by atoms with Gasteiger partial charge in [0.15, 0.2) is 0 Å². The zero-order valence-electron chi connectivity index (χ0n) is 13.9. The van der Waals surface area contributed by atoms with Crippen molar-refractivity contribution in [2.75, 3.05) is 14.2 Å². The molecular formula is C18H18N2O5. The van der Waals surface area contributed by atoms with E-state index in [0.29, 0.717) is 28.0 Å². The number of rotatable bonds is 5. The second-order valence-electron chi connectivity index (χ2n) is 5.52. The highest BCUT2D eigenvalue weighted by Gasteiger charge is 2.18. The molecule has 2 N–H and O–H groups in total. The van der Waals surface area contributed by atoms with E-state index in [4.69, 9.17) is 9.47 Å². The third-order valence-electron chi connectivity index (χ3n) is 4.04. The maximum Gasteiger partial charge on any atom is 0.328 e. The molecule has 0 fully saturated rings. The molecule has 1 aromatic heterocycles. The number of aliphatic hydroxyl groups excluding tert-OH is 1. The van der Waals surface area contributed by atoms with Crippen LogP contribution in [-0.2, 0) is 6.54 Å². The Morgan fingerprint density at radius 1 is 1.12 bits per heavy atom. The summed E-state index contributed by atoms with van der Waals surface area (Å²) in [6.45, 7) is -0.206. The summed E-state index contributed by atoms with van der Waals surface area (Å²) in [5.41, 5.74) is -0.145. The third kappa shape index (κ3) is 3.14. The van der Waals surface area contributed by atoms with Gasteiger partial charge >= 0.3 is 5.69 Å². The second kappa shape index (κ2) is 6.82. The van der Waals surface area contributed by atoms with Crippen LogP contribution in [0.5, 0.6) is 11.5 Å². The Bertz CT molecular complexity index is 1020. The highest BCUT2D eigenvalue weighted by molar-refractivity contribution is 5.76. The predicted molar refractivity (Wildman–Crippen MR) is 93.3 cm³/mol. The SMILES string of the molecule is COc1ccc(OC)c([C@H](O)Cn2c(=O)[nH]c3ccccc3c2=O)c1. The summed E-state index contributed by atoms with van der Waals surface area (Å²) in [5.74, 6) is 0.980. The van der Waals surface area contributed by atoms with Crippen molar-refractivity contribution < 1.29 is 14.6 Å². The molecule has 7 nitrogen and oxygen atoms in total. The summed E-state index contributed by atoms with van der Waals surface area (Å²) in [6, 6.07) is 11.7. The molecule has 0 aliphatic rings.